The number of para-hydroxylation sites is 1. The molecule has 178 valence electrons. The highest BCUT2D eigenvalue weighted by atomic mass is 32.2. The molecule has 0 aromatic heterocycles. The Morgan fingerprint density at radius 2 is 1.85 bits per heavy atom. The number of hydrogen-bond donors (Lipinski definition) is 1. The summed E-state index contributed by atoms with van der Waals surface area (Å²) in [4.78, 5) is 48.9. The lowest BCUT2D eigenvalue weighted by atomic mass is 10.00. The van der Waals surface area contributed by atoms with E-state index in [1.807, 2.05) is 19.9 Å². The van der Waals surface area contributed by atoms with Gasteiger partial charge in [-0.15, -0.1) is 4.48 Å². The molecule has 0 aliphatic carbocycles. The van der Waals surface area contributed by atoms with Crippen LogP contribution in [0.5, 0.6) is 5.75 Å². The molecule has 11 heteroatoms. The van der Waals surface area contributed by atoms with Gasteiger partial charge in [0.25, 0.3) is 11.6 Å². The number of non-ortho nitro benzene ring substituents is 1. The van der Waals surface area contributed by atoms with E-state index in [0.717, 1.165) is 0 Å². The molecule has 2 unspecified atom stereocenters. The highest BCUT2D eigenvalue weighted by Gasteiger charge is 2.76. The Morgan fingerprint density at radius 1 is 1.18 bits per heavy atom. The second-order valence-corrected chi connectivity index (χ2v) is 10.6. The molecule has 0 bridgehead atoms. The molecule has 0 spiro atoms. The summed E-state index contributed by atoms with van der Waals surface area (Å²) in [6.07, 6.45) is -0.697. The molecule has 1 N–H and O–H groups in total. The average Bonchev–Trinajstić information content (AvgIpc) is 3.09. The van der Waals surface area contributed by atoms with Crippen molar-refractivity contribution < 1.29 is 33.3 Å². The van der Waals surface area contributed by atoms with Crippen LogP contribution in [0.2, 0.25) is 0 Å². The van der Waals surface area contributed by atoms with Gasteiger partial charge in [-0.3, -0.25) is 14.9 Å². The molecular formula is C23H24N3O7S+. The van der Waals surface area contributed by atoms with E-state index in [0.29, 0.717) is 11.3 Å². The van der Waals surface area contributed by atoms with E-state index >= 15 is 0 Å². The average molecular weight is 487 g/mol. The van der Waals surface area contributed by atoms with Gasteiger partial charge in [-0.2, -0.15) is 4.79 Å². The number of nitro benzene ring substituents is 1. The van der Waals surface area contributed by atoms with E-state index in [1.54, 1.807) is 24.3 Å². The van der Waals surface area contributed by atoms with Gasteiger partial charge in [-0.25, -0.2) is 4.79 Å². The van der Waals surface area contributed by atoms with Crippen molar-refractivity contribution in [1.29, 1.82) is 0 Å². The van der Waals surface area contributed by atoms with Gasteiger partial charge >= 0.3 is 12.0 Å². The van der Waals surface area contributed by atoms with Crippen molar-refractivity contribution in [2.24, 2.45) is 0 Å². The molecule has 2 heterocycles. The van der Waals surface area contributed by atoms with Crippen molar-refractivity contribution in [2.45, 2.75) is 36.6 Å². The van der Waals surface area contributed by atoms with Crippen LogP contribution in [0.15, 0.2) is 54.6 Å². The monoisotopic (exact) mass is 486 g/mol. The lowest BCUT2D eigenvalue weighted by molar-refractivity contribution is -0.819. The Kier molecular flexibility index (Phi) is 6.32. The molecule has 34 heavy (non-hydrogen) atoms. The lowest BCUT2D eigenvalue weighted by Gasteiger charge is -2.45. The van der Waals surface area contributed by atoms with Gasteiger partial charge in [0.15, 0.2) is 12.0 Å². The molecule has 2 aliphatic rings. The Balaban J connectivity index is 1.40. The summed E-state index contributed by atoms with van der Waals surface area (Å²) in [6, 6.07) is 13.7. The standard InChI is InChI=1S/C23H23N3O7S/c1-23(2)14-26(22(29)33-12-15-8-10-16(11-9-15)25(30)31)20(28)19(21(26)34-23)24-18(27)13-32-17-6-4-3-5-7-17/h3-11,19,21H,12-14H2,1-2H3/p+1/t19?,21-,26?/m0/s1. The molecule has 0 radical (unpaired) electrons. The number of β-lactam (4-membered cyclic amide) rings is 1. The van der Waals surface area contributed by atoms with Crippen LogP contribution in [-0.4, -0.2) is 56.6 Å². The number of hydrogen-bond acceptors (Lipinski definition) is 8. The van der Waals surface area contributed by atoms with Crippen LogP contribution in [0.25, 0.3) is 0 Å². The maximum absolute atomic E-state index is 13.2. The van der Waals surface area contributed by atoms with E-state index in [1.165, 1.54) is 36.0 Å². The summed E-state index contributed by atoms with van der Waals surface area (Å²) in [5, 5.41) is 13.0. The van der Waals surface area contributed by atoms with Crippen molar-refractivity contribution in [2.75, 3.05) is 13.2 Å². The molecular weight excluding hydrogens is 462 g/mol. The van der Waals surface area contributed by atoms with E-state index in [-0.39, 0.29) is 30.2 Å². The number of nitrogens with zero attached hydrogens (tertiary/aromatic N) is 2. The zero-order chi connectivity index (χ0) is 24.5. The summed E-state index contributed by atoms with van der Waals surface area (Å²) < 4.78 is 10.0. The fourth-order valence-corrected chi connectivity index (χ4v) is 5.90. The first kappa shape index (κ1) is 23.7. The molecule has 2 fully saturated rings. The number of ether oxygens (including phenoxy) is 2. The minimum absolute atomic E-state index is 0.0672. The summed E-state index contributed by atoms with van der Waals surface area (Å²) in [7, 11) is 0. The van der Waals surface area contributed by atoms with Crippen molar-refractivity contribution in [3.05, 3.63) is 70.3 Å². The number of carbonyl (C=O) groups excluding carboxylic acids is 3. The van der Waals surface area contributed by atoms with Gasteiger partial charge in [-0.1, -0.05) is 30.0 Å². The molecule has 0 saturated carbocycles. The minimum Gasteiger partial charge on any atom is -0.484 e. The number of benzene rings is 2. The number of carbonyl (C=O) groups is 3. The Morgan fingerprint density at radius 3 is 2.50 bits per heavy atom. The summed E-state index contributed by atoms with van der Waals surface area (Å²) in [5.41, 5.74) is 0.498. The number of amides is 3. The maximum Gasteiger partial charge on any atom is 0.525 e. The minimum atomic E-state index is -0.828. The zero-order valence-corrected chi connectivity index (χ0v) is 19.4. The summed E-state index contributed by atoms with van der Waals surface area (Å²) in [5.74, 6) is -0.344. The predicted molar refractivity (Wildman–Crippen MR) is 123 cm³/mol. The summed E-state index contributed by atoms with van der Waals surface area (Å²) in [6.45, 7) is 3.74. The molecule has 10 nitrogen and oxygen atoms in total. The second-order valence-electron chi connectivity index (χ2n) is 8.76. The van der Waals surface area contributed by atoms with Crippen molar-refractivity contribution in [3.63, 3.8) is 0 Å². The van der Waals surface area contributed by atoms with Crippen molar-refractivity contribution in [3.8, 4) is 5.75 Å². The van der Waals surface area contributed by atoms with E-state index < -0.39 is 38.7 Å². The first-order chi connectivity index (χ1) is 16.1. The number of rotatable bonds is 7. The topological polar surface area (TPSA) is 125 Å². The smallest absolute Gasteiger partial charge is 0.484 e. The van der Waals surface area contributed by atoms with Gasteiger partial charge in [0.05, 0.1) is 9.67 Å². The number of quaternary nitrogens is 1. The van der Waals surface area contributed by atoms with E-state index in [4.69, 9.17) is 9.47 Å². The SMILES string of the molecule is CC1(C)C[N+]2(C(=O)OCc3ccc([N+](=O)[O-])cc3)C(=O)C(NC(=O)COc3ccccc3)[C@@H]2S1. The van der Waals surface area contributed by atoms with Crippen LogP contribution >= 0.6 is 11.8 Å². The van der Waals surface area contributed by atoms with Crippen LogP contribution in [-0.2, 0) is 20.9 Å². The molecule has 3 atom stereocenters. The number of nitro groups is 1. The lowest BCUT2D eigenvalue weighted by Crippen LogP contribution is -2.80. The van der Waals surface area contributed by atoms with Crippen LogP contribution < -0.4 is 10.1 Å². The number of fused-ring (bicyclic) bond motifs is 1. The molecule has 2 aromatic carbocycles. The highest BCUT2D eigenvalue weighted by Crippen LogP contribution is 2.53. The molecule has 4 rings (SSSR count). The van der Waals surface area contributed by atoms with Gasteiger partial charge < -0.3 is 14.8 Å². The molecule has 2 aliphatic heterocycles. The van der Waals surface area contributed by atoms with Gasteiger partial charge in [-0.05, 0) is 43.7 Å². The Labute approximate surface area is 199 Å². The third kappa shape index (κ3) is 4.48. The largest absolute Gasteiger partial charge is 0.525 e. The van der Waals surface area contributed by atoms with Crippen LogP contribution in [0, 0.1) is 10.1 Å². The van der Waals surface area contributed by atoms with Crippen LogP contribution in [0.1, 0.15) is 19.4 Å². The molecule has 2 saturated heterocycles. The maximum atomic E-state index is 13.2. The highest BCUT2D eigenvalue weighted by molar-refractivity contribution is 8.01. The van der Waals surface area contributed by atoms with Gasteiger partial charge in [0.1, 0.15) is 18.9 Å². The second kappa shape index (κ2) is 9.07. The first-order valence-corrected chi connectivity index (χ1v) is 11.5. The number of thioether (sulfide) groups is 1. The quantitative estimate of drug-likeness (QED) is 0.274. The first-order valence-electron chi connectivity index (χ1n) is 10.6. The number of nitrogens with one attached hydrogen (secondary N) is 1. The molecule has 2 aromatic rings. The zero-order valence-electron chi connectivity index (χ0n) is 18.6. The normalized spacial score (nSPS) is 24.5. The van der Waals surface area contributed by atoms with Crippen molar-refractivity contribution >= 4 is 35.4 Å². The van der Waals surface area contributed by atoms with Crippen LogP contribution in [0.3, 0.4) is 0 Å². The van der Waals surface area contributed by atoms with Crippen LogP contribution in [0.4, 0.5) is 10.5 Å². The third-order valence-electron chi connectivity index (χ3n) is 5.71. The molecule has 3 amide bonds. The Bertz CT molecular complexity index is 1120. The van der Waals surface area contributed by atoms with Gasteiger partial charge in [0.2, 0.25) is 6.04 Å². The van der Waals surface area contributed by atoms with Crippen molar-refractivity contribution in [1.82, 2.24) is 5.32 Å². The number of imide groups is 1. The van der Waals surface area contributed by atoms with E-state index in [2.05, 4.69) is 5.32 Å². The van der Waals surface area contributed by atoms with Gasteiger partial charge in [0, 0.05) is 12.1 Å². The fraction of sp³-hybridized carbons (Fsp3) is 0.348. The third-order valence-corrected chi connectivity index (χ3v) is 7.35. The Hall–Kier alpha value is -3.44. The predicted octanol–water partition coefficient (Wildman–Crippen LogP) is 3.00. The van der Waals surface area contributed by atoms with E-state index in [9.17, 15) is 24.5 Å². The fourth-order valence-electron chi connectivity index (χ4n) is 4.20. The summed E-state index contributed by atoms with van der Waals surface area (Å²) >= 11 is 1.46.